The number of fused-ring (bicyclic) bond motifs is 1. The van der Waals surface area contributed by atoms with Crippen molar-refractivity contribution in [3.05, 3.63) is 101 Å². The Morgan fingerprint density at radius 2 is 1.83 bits per heavy atom. The molecule has 0 bridgehead atoms. The molecule has 0 N–H and O–H groups in total. The molecule has 10 heteroatoms. The number of methoxy groups -OCH3 is 1. The number of hydrogen-bond acceptors (Lipinski definition) is 8. The third kappa shape index (κ3) is 4.78. The summed E-state index contributed by atoms with van der Waals surface area (Å²) < 4.78 is 12.6. The third-order valence-electron chi connectivity index (χ3n) is 5.42. The molecule has 1 atom stereocenters. The van der Waals surface area contributed by atoms with Crippen molar-refractivity contribution in [1.29, 1.82) is 0 Å². The average Bonchev–Trinajstić information content (AvgIpc) is 3.12. The van der Waals surface area contributed by atoms with E-state index in [2.05, 4.69) is 4.99 Å². The molecule has 0 saturated heterocycles. The van der Waals surface area contributed by atoms with Crippen LogP contribution in [0.2, 0.25) is 0 Å². The maximum atomic E-state index is 13.6. The van der Waals surface area contributed by atoms with Crippen molar-refractivity contribution in [3.8, 4) is 5.75 Å². The van der Waals surface area contributed by atoms with Gasteiger partial charge in [0.2, 0.25) is 0 Å². The molecule has 2 heterocycles. The van der Waals surface area contributed by atoms with Crippen LogP contribution in [0, 0.1) is 10.1 Å². The fourth-order valence-corrected chi connectivity index (χ4v) is 4.85. The maximum absolute atomic E-state index is 13.6. The summed E-state index contributed by atoms with van der Waals surface area (Å²) in [7, 11) is 1.56. The van der Waals surface area contributed by atoms with Crippen molar-refractivity contribution in [2.24, 2.45) is 4.99 Å². The van der Waals surface area contributed by atoms with E-state index in [1.807, 2.05) is 0 Å². The lowest BCUT2D eigenvalue weighted by Crippen LogP contribution is -2.40. The second-order valence-corrected chi connectivity index (χ2v) is 9.17. The Balaban J connectivity index is 1.89. The molecule has 1 aliphatic heterocycles. The Hall–Kier alpha value is -4.05. The largest absolute Gasteiger partial charge is 0.497 e. The summed E-state index contributed by atoms with van der Waals surface area (Å²) in [5.41, 5.74) is 1.75. The van der Waals surface area contributed by atoms with Gasteiger partial charge in [0, 0.05) is 12.1 Å². The van der Waals surface area contributed by atoms with Crippen LogP contribution >= 0.6 is 11.3 Å². The number of esters is 1. The molecule has 4 rings (SSSR count). The van der Waals surface area contributed by atoms with E-state index in [-0.39, 0.29) is 22.9 Å². The van der Waals surface area contributed by atoms with Crippen molar-refractivity contribution >= 4 is 29.1 Å². The van der Waals surface area contributed by atoms with E-state index in [1.54, 1.807) is 70.4 Å². The summed E-state index contributed by atoms with van der Waals surface area (Å²) in [5, 5.41) is 10.9. The molecule has 0 radical (unpaired) electrons. The highest BCUT2D eigenvalue weighted by atomic mass is 32.1. The number of nitro benzene ring substituents is 1. The normalized spacial score (nSPS) is 15.6. The molecular weight excluding hydrogens is 470 g/mol. The molecule has 0 fully saturated rings. The van der Waals surface area contributed by atoms with Crippen LogP contribution < -0.4 is 19.6 Å². The summed E-state index contributed by atoms with van der Waals surface area (Å²) in [4.78, 5) is 42.1. The Bertz CT molecular complexity index is 1500. The monoisotopic (exact) mass is 493 g/mol. The van der Waals surface area contributed by atoms with Crippen LogP contribution in [-0.4, -0.2) is 28.7 Å². The first kappa shape index (κ1) is 24.1. The molecule has 180 valence electrons. The second kappa shape index (κ2) is 9.67. The number of hydrogen-bond donors (Lipinski definition) is 0. The van der Waals surface area contributed by atoms with E-state index >= 15 is 0 Å². The molecule has 0 amide bonds. The number of aromatic nitrogens is 1. The van der Waals surface area contributed by atoms with Gasteiger partial charge in [-0.3, -0.25) is 19.5 Å². The van der Waals surface area contributed by atoms with Crippen molar-refractivity contribution in [3.63, 3.8) is 0 Å². The molecule has 9 nitrogen and oxygen atoms in total. The lowest BCUT2D eigenvalue weighted by Gasteiger charge is -2.25. The number of nitro groups is 1. The SMILES string of the molecule is COc1ccc(C2C(C(=O)OC(C)C)=C(C)N=c3s/c(=C\c4ccc([N+](=O)[O-])cc4)c(=O)n32)cc1. The Kier molecular flexibility index (Phi) is 6.65. The van der Waals surface area contributed by atoms with Crippen LogP contribution in [0.1, 0.15) is 37.9 Å². The van der Waals surface area contributed by atoms with Gasteiger partial charge in [-0.05, 0) is 62.2 Å². The minimum absolute atomic E-state index is 0.0351. The fourth-order valence-electron chi connectivity index (χ4n) is 3.81. The fraction of sp³-hybridized carbons (Fsp3) is 0.240. The average molecular weight is 494 g/mol. The number of ether oxygens (including phenoxy) is 2. The number of thiazole rings is 1. The highest BCUT2D eigenvalue weighted by molar-refractivity contribution is 7.07. The van der Waals surface area contributed by atoms with E-state index < -0.39 is 16.9 Å². The predicted molar refractivity (Wildman–Crippen MR) is 131 cm³/mol. The topological polar surface area (TPSA) is 113 Å². The van der Waals surface area contributed by atoms with Gasteiger partial charge >= 0.3 is 5.97 Å². The van der Waals surface area contributed by atoms with Crippen molar-refractivity contribution in [2.45, 2.75) is 32.9 Å². The van der Waals surface area contributed by atoms with Crippen LogP contribution in [0.15, 0.2) is 69.6 Å². The first-order chi connectivity index (χ1) is 16.7. The van der Waals surface area contributed by atoms with E-state index in [9.17, 15) is 19.7 Å². The number of rotatable bonds is 6. The van der Waals surface area contributed by atoms with Gasteiger partial charge in [0.15, 0.2) is 4.80 Å². The van der Waals surface area contributed by atoms with E-state index in [1.165, 1.54) is 28.0 Å². The van der Waals surface area contributed by atoms with Gasteiger partial charge in [-0.15, -0.1) is 0 Å². The zero-order valence-electron chi connectivity index (χ0n) is 19.6. The Labute approximate surface area is 204 Å². The van der Waals surface area contributed by atoms with Gasteiger partial charge in [0.05, 0.1) is 40.0 Å². The highest BCUT2D eigenvalue weighted by Crippen LogP contribution is 2.31. The van der Waals surface area contributed by atoms with E-state index in [0.717, 1.165) is 0 Å². The van der Waals surface area contributed by atoms with Crippen LogP contribution in [0.4, 0.5) is 5.69 Å². The molecule has 2 aromatic carbocycles. The Morgan fingerprint density at radius 3 is 2.40 bits per heavy atom. The van der Waals surface area contributed by atoms with Gasteiger partial charge < -0.3 is 9.47 Å². The summed E-state index contributed by atoms with van der Waals surface area (Å²) in [6, 6.07) is 12.3. The van der Waals surface area contributed by atoms with Crippen LogP contribution in [0.3, 0.4) is 0 Å². The van der Waals surface area contributed by atoms with Crippen LogP contribution in [0.5, 0.6) is 5.75 Å². The zero-order valence-corrected chi connectivity index (χ0v) is 20.4. The highest BCUT2D eigenvalue weighted by Gasteiger charge is 2.33. The molecule has 1 aliphatic rings. The lowest BCUT2D eigenvalue weighted by molar-refractivity contribution is -0.384. The second-order valence-electron chi connectivity index (χ2n) is 8.16. The quantitative estimate of drug-likeness (QED) is 0.296. The molecule has 1 aromatic heterocycles. The first-order valence-electron chi connectivity index (χ1n) is 10.8. The van der Waals surface area contributed by atoms with E-state index in [0.29, 0.717) is 31.9 Å². The maximum Gasteiger partial charge on any atom is 0.338 e. The number of carbonyl (C=O) groups is 1. The summed E-state index contributed by atoms with van der Waals surface area (Å²) >= 11 is 1.19. The number of carbonyl (C=O) groups excluding carboxylic acids is 1. The Morgan fingerprint density at radius 1 is 1.17 bits per heavy atom. The van der Waals surface area contributed by atoms with Gasteiger partial charge in [-0.2, -0.15) is 0 Å². The molecule has 3 aromatic rings. The van der Waals surface area contributed by atoms with Crippen LogP contribution in [-0.2, 0) is 9.53 Å². The van der Waals surface area contributed by atoms with Crippen molar-refractivity contribution < 1.29 is 19.2 Å². The number of benzene rings is 2. The van der Waals surface area contributed by atoms with Crippen LogP contribution in [0.25, 0.3) is 6.08 Å². The van der Waals surface area contributed by atoms with Gasteiger partial charge in [0.25, 0.3) is 11.2 Å². The van der Waals surface area contributed by atoms with Crippen molar-refractivity contribution in [2.75, 3.05) is 7.11 Å². The molecule has 35 heavy (non-hydrogen) atoms. The zero-order chi connectivity index (χ0) is 25.3. The van der Waals surface area contributed by atoms with Crippen molar-refractivity contribution in [1.82, 2.24) is 4.57 Å². The standard InChI is InChI=1S/C25H23N3O6S/c1-14(2)34-24(30)21-15(3)26-25-27(22(21)17-7-11-19(33-4)12-8-17)23(29)20(35-25)13-16-5-9-18(10-6-16)28(31)32/h5-14,22H,1-4H3/b20-13-. The summed E-state index contributed by atoms with van der Waals surface area (Å²) in [6.45, 7) is 5.24. The van der Waals surface area contributed by atoms with Gasteiger partial charge in [0.1, 0.15) is 5.75 Å². The van der Waals surface area contributed by atoms with Gasteiger partial charge in [-0.25, -0.2) is 9.79 Å². The molecular formula is C25H23N3O6S. The third-order valence-corrected chi connectivity index (χ3v) is 6.40. The molecule has 1 unspecified atom stereocenters. The van der Waals surface area contributed by atoms with Gasteiger partial charge in [-0.1, -0.05) is 23.5 Å². The smallest absolute Gasteiger partial charge is 0.338 e. The van der Waals surface area contributed by atoms with E-state index in [4.69, 9.17) is 9.47 Å². The minimum Gasteiger partial charge on any atom is -0.497 e. The number of allylic oxidation sites excluding steroid dienone is 1. The molecule has 0 saturated carbocycles. The lowest BCUT2D eigenvalue weighted by atomic mass is 9.96. The minimum atomic E-state index is -0.734. The first-order valence-corrected chi connectivity index (χ1v) is 11.6. The summed E-state index contributed by atoms with van der Waals surface area (Å²) in [5.74, 6) is 0.109. The summed E-state index contributed by atoms with van der Waals surface area (Å²) in [6.07, 6.45) is 1.32. The molecule has 0 aliphatic carbocycles. The number of non-ortho nitro benzene ring substituents is 1. The number of nitrogens with zero attached hydrogens (tertiary/aromatic N) is 3. The predicted octanol–water partition coefficient (Wildman–Crippen LogP) is 3.10. The molecule has 0 spiro atoms.